The average molecular weight is 273 g/mol. The third-order valence-electron chi connectivity index (χ3n) is 2.10. The number of nitrogens with two attached hydrogens (primary N) is 1. The van der Waals surface area contributed by atoms with Gasteiger partial charge >= 0.3 is 5.97 Å². The van der Waals surface area contributed by atoms with Gasteiger partial charge in [-0.05, 0) is 6.92 Å². The molecule has 1 rings (SSSR count). The van der Waals surface area contributed by atoms with Crippen molar-refractivity contribution in [2.24, 2.45) is 5.73 Å². The van der Waals surface area contributed by atoms with Crippen LogP contribution in [-0.2, 0) is 15.3 Å². The highest BCUT2D eigenvalue weighted by molar-refractivity contribution is 7.98. The van der Waals surface area contributed by atoms with Crippen molar-refractivity contribution in [3.05, 3.63) is 11.7 Å². The minimum Gasteiger partial charge on any atom is -0.465 e. The van der Waals surface area contributed by atoms with Gasteiger partial charge < -0.3 is 15.0 Å². The Labute approximate surface area is 111 Å². The van der Waals surface area contributed by atoms with Crippen LogP contribution in [0.3, 0.4) is 0 Å². The van der Waals surface area contributed by atoms with Crippen LogP contribution in [0.15, 0.2) is 4.52 Å². The van der Waals surface area contributed by atoms with Crippen molar-refractivity contribution in [2.45, 2.75) is 38.5 Å². The van der Waals surface area contributed by atoms with Gasteiger partial charge in [-0.1, -0.05) is 19.0 Å². The molecule has 7 heteroatoms. The van der Waals surface area contributed by atoms with E-state index >= 15 is 0 Å². The van der Waals surface area contributed by atoms with E-state index in [4.69, 9.17) is 15.0 Å². The third-order valence-corrected chi connectivity index (χ3v) is 3.15. The van der Waals surface area contributed by atoms with Crippen LogP contribution in [0, 0.1) is 0 Å². The van der Waals surface area contributed by atoms with E-state index in [9.17, 15) is 4.79 Å². The summed E-state index contributed by atoms with van der Waals surface area (Å²) in [6.45, 7) is 6.08. The highest BCUT2D eigenvalue weighted by Gasteiger charge is 2.15. The van der Waals surface area contributed by atoms with Crippen LogP contribution < -0.4 is 5.73 Å². The molecule has 0 aromatic carbocycles. The molecule has 0 radical (unpaired) electrons. The Morgan fingerprint density at radius 3 is 2.83 bits per heavy atom. The van der Waals surface area contributed by atoms with Gasteiger partial charge in [-0.2, -0.15) is 16.7 Å². The number of thioether (sulfide) groups is 1. The van der Waals surface area contributed by atoms with Crippen molar-refractivity contribution in [3.63, 3.8) is 0 Å². The Hall–Kier alpha value is -1.08. The summed E-state index contributed by atoms with van der Waals surface area (Å²) in [5.41, 5.74) is 5.66. The quantitative estimate of drug-likeness (QED) is 0.749. The molecule has 6 nitrogen and oxygen atoms in total. The van der Waals surface area contributed by atoms with Crippen molar-refractivity contribution >= 4 is 17.7 Å². The number of rotatable bonds is 7. The first-order chi connectivity index (χ1) is 8.54. The van der Waals surface area contributed by atoms with Crippen molar-refractivity contribution in [1.29, 1.82) is 0 Å². The first kappa shape index (κ1) is 15.0. The number of hydrogen-bond acceptors (Lipinski definition) is 7. The van der Waals surface area contributed by atoms with Crippen LogP contribution in [0.2, 0.25) is 0 Å². The fourth-order valence-electron chi connectivity index (χ4n) is 1.16. The number of ether oxygens (including phenoxy) is 1. The predicted molar refractivity (Wildman–Crippen MR) is 69.2 cm³/mol. The summed E-state index contributed by atoms with van der Waals surface area (Å²) in [4.78, 5) is 15.5. The molecule has 1 atom stereocenters. The maximum Gasteiger partial charge on any atom is 0.323 e. The summed E-state index contributed by atoms with van der Waals surface area (Å²) in [6.07, 6.45) is 0. The van der Waals surface area contributed by atoms with E-state index in [0.29, 0.717) is 29.8 Å². The molecule has 1 unspecified atom stereocenters. The van der Waals surface area contributed by atoms with E-state index in [-0.39, 0.29) is 11.9 Å². The van der Waals surface area contributed by atoms with E-state index < -0.39 is 6.04 Å². The number of carbonyl (C=O) groups excluding carboxylic acids is 1. The van der Waals surface area contributed by atoms with E-state index in [1.54, 1.807) is 6.92 Å². The normalized spacial score (nSPS) is 12.7. The van der Waals surface area contributed by atoms with E-state index in [1.807, 2.05) is 13.8 Å². The van der Waals surface area contributed by atoms with Gasteiger partial charge in [0.05, 0.1) is 12.4 Å². The van der Waals surface area contributed by atoms with Gasteiger partial charge in [-0.3, -0.25) is 4.79 Å². The number of nitrogens with zero attached hydrogens (tertiary/aromatic N) is 2. The summed E-state index contributed by atoms with van der Waals surface area (Å²) in [7, 11) is 0. The Morgan fingerprint density at radius 2 is 2.28 bits per heavy atom. The second-order valence-corrected chi connectivity index (χ2v) is 5.11. The molecule has 1 heterocycles. The molecular weight excluding hydrogens is 254 g/mol. The Bertz CT molecular complexity index is 381. The number of carbonyl (C=O) groups is 1. The molecule has 0 aliphatic carbocycles. The number of esters is 1. The maximum atomic E-state index is 11.3. The molecule has 0 saturated heterocycles. The third kappa shape index (κ3) is 4.66. The van der Waals surface area contributed by atoms with Gasteiger partial charge in [0.25, 0.3) is 0 Å². The molecule has 0 amide bonds. The largest absolute Gasteiger partial charge is 0.465 e. The lowest BCUT2D eigenvalue weighted by Crippen LogP contribution is -2.34. The van der Waals surface area contributed by atoms with Gasteiger partial charge in [0, 0.05) is 11.7 Å². The van der Waals surface area contributed by atoms with Gasteiger partial charge in [0.15, 0.2) is 5.82 Å². The van der Waals surface area contributed by atoms with Gasteiger partial charge in [-0.25, -0.2) is 0 Å². The molecule has 2 N–H and O–H groups in total. The summed E-state index contributed by atoms with van der Waals surface area (Å²) in [5, 5.41) is 3.85. The SMILES string of the molecule is CCOC(=O)C(N)CSCc1noc(C(C)C)n1. The lowest BCUT2D eigenvalue weighted by molar-refractivity contribution is -0.144. The Kier molecular flexibility index (Phi) is 6.14. The zero-order chi connectivity index (χ0) is 13.5. The summed E-state index contributed by atoms with van der Waals surface area (Å²) in [5.74, 6) is 2.15. The van der Waals surface area contributed by atoms with E-state index in [2.05, 4.69) is 10.1 Å². The van der Waals surface area contributed by atoms with Crippen molar-refractivity contribution in [1.82, 2.24) is 10.1 Å². The van der Waals surface area contributed by atoms with E-state index in [0.717, 1.165) is 0 Å². The van der Waals surface area contributed by atoms with Gasteiger partial charge in [-0.15, -0.1) is 0 Å². The summed E-state index contributed by atoms with van der Waals surface area (Å²) >= 11 is 1.48. The molecule has 18 heavy (non-hydrogen) atoms. The summed E-state index contributed by atoms with van der Waals surface area (Å²) in [6, 6.07) is -0.605. The minimum atomic E-state index is -0.605. The minimum absolute atomic E-state index is 0.220. The fraction of sp³-hybridized carbons (Fsp3) is 0.727. The predicted octanol–water partition coefficient (Wildman–Crippen LogP) is 1.32. The molecule has 0 bridgehead atoms. The molecule has 0 fully saturated rings. The molecular formula is C11H19N3O3S. The second-order valence-electron chi connectivity index (χ2n) is 4.08. The molecule has 102 valence electrons. The molecule has 1 aromatic heterocycles. The second kappa shape index (κ2) is 7.38. The van der Waals surface area contributed by atoms with Crippen LogP contribution in [0.4, 0.5) is 0 Å². The zero-order valence-corrected chi connectivity index (χ0v) is 11.7. The summed E-state index contributed by atoms with van der Waals surface area (Å²) < 4.78 is 9.89. The number of aromatic nitrogens is 2. The maximum absolute atomic E-state index is 11.3. The topological polar surface area (TPSA) is 91.2 Å². The van der Waals surface area contributed by atoms with E-state index in [1.165, 1.54) is 11.8 Å². The molecule has 0 aliphatic rings. The lowest BCUT2D eigenvalue weighted by atomic mass is 10.2. The van der Waals surface area contributed by atoms with Crippen LogP contribution in [0.5, 0.6) is 0 Å². The number of hydrogen-bond donors (Lipinski definition) is 1. The smallest absolute Gasteiger partial charge is 0.323 e. The van der Waals surface area contributed by atoms with Gasteiger partial charge in [0.1, 0.15) is 6.04 Å². The van der Waals surface area contributed by atoms with Crippen LogP contribution >= 0.6 is 11.8 Å². The first-order valence-electron chi connectivity index (χ1n) is 5.87. The molecule has 0 spiro atoms. The van der Waals surface area contributed by atoms with Crippen molar-refractivity contribution < 1.29 is 14.1 Å². The average Bonchev–Trinajstić information content (AvgIpc) is 2.78. The van der Waals surface area contributed by atoms with Crippen LogP contribution in [0.25, 0.3) is 0 Å². The molecule has 0 saturated carbocycles. The zero-order valence-electron chi connectivity index (χ0n) is 10.9. The van der Waals surface area contributed by atoms with Crippen LogP contribution in [-0.4, -0.2) is 34.5 Å². The lowest BCUT2D eigenvalue weighted by Gasteiger charge is -2.08. The highest BCUT2D eigenvalue weighted by atomic mass is 32.2. The van der Waals surface area contributed by atoms with Crippen LogP contribution in [0.1, 0.15) is 38.4 Å². The fourth-order valence-corrected chi connectivity index (χ4v) is 1.96. The molecule has 1 aromatic rings. The Morgan fingerprint density at radius 1 is 1.56 bits per heavy atom. The van der Waals surface area contributed by atoms with Crippen molar-refractivity contribution in [2.75, 3.05) is 12.4 Å². The first-order valence-corrected chi connectivity index (χ1v) is 7.02. The Balaban J connectivity index is 2.30. The monoisotopic (exact) mass is 273 g/mol. The standard InChI is InChI=1S/C11H19N3O3S/c1-4-16-11(15)8(12)5-18-6-9-13-10(7(2)3)17-14-9/h7-8H,4-6,12H2,1-3H3. The van der Waals surface area contributed by atoms with Crippen molar-refractivity contribution in [3.8, 4) is 0 Å². The van der Waals surface area contributed by atoms with Gasteiger partial charge in [0.2, 0.25) is 5.89 Å². The molecule has 0 aliphatic heterocycles. The highest BCUT2D eigenvalue weighted by Crippen LogP contribution is 2.15.